The number of allylic oxidation sites excluding steroid dienone is 2. The third-order valence-corrected chi connectivity index (χ3v) is 8.81. The van der Waals surface area contributed by atoms with Gasteiger partial charge in [-0.15, -0.1) is 0 Å². The SMILES string of the molecule is CN=CC1=C(C2CCC(c3ccccc3)[C@@H](NC(=O)[C@H](C)C3CC3)C2)N=CC(C)C1C.Cc1cccc(F)c1.[HH].[HH]. The predicted octanol–water partition coefficient (Wildman–Crippen LogP) is 8.04. The molecule has 0 bridgehead atoms. The Morgan fingerprint density at radius 2 is 1.85 bits per heavy atom. The van der Waals surface area contributed by atoms with Gasteiger partial charge in [0.2, 0.25) is 5.91 Å². The van der Waals surface area contributed by atoms with Crippen molar-refractivity contribution in [1.82, 2.24) is 5.32 Å². The molecule has 2 aromatic rings. The van der Waals surface area contributed by atoms with Crippen molar-refractivity contribution in [3.8, 4) is 0 Å². The van der Waals surface area contributed by atoms with E-state index in [0.717, 1.165) is 24.8 Å². The van der Waals surface area contributed by atoms with Crippen LogP contribution in [0.5, 0.6) is 0 Å². The summed E-state index contributed by atoms with van der Waals surface area (Å²) < 4.78 is 12.2. The molecule has 0 radical (unpaired) electrons. The van der Waals surface area contributed by atoms with Crippen LogP contribution in [-0.2, 0) is 4.79 Å². The number of rotatable bonds is 6. The standard InChI is InChI=1S/C27H37N3O.C7H7F.2H2/c1-17-15-29-26(24(16-28-4)18(17)2)22-12-13-23(21-8-6-5-7-9-21)25(14-22)30-27(31)19(3)20-10-11-20;1-6-3-2-4-7(8)5-6;;/h5-9,15-20,22-23,25H,10-14H2,1-4H3,(H,30,31);2-5H,1H3;2*1H/t17?,18?,19-,22?,23?,25+;;;/m1.../s1. The van der Waals surface area contributed by atoms with E-state index in [1.807, 2.05) is 26.3 Å². The summed E-state index contributed by atoms with van der Waals surface area (Å²) in [5, 5.41) is 3.48. The summed E-state index contributed by atoms with van der Waals surface area (Å²) in [5.41, 5.74) is 4.77. The Hall–Kier alpha value is -3.08. The van der Waals surface area contributed by atoms with E-state index in [-0.39, 0.29) is 26.5 Å². The van der Waals surface area contributed by atoms with Crippen molar-refractivity contribution in [2.45, 2.75) is 71.8 Å². The van der Waals surface area contributed by atoms with Crippen LogP contribution in [0, 0.1) is 42.3 Å². The number of nitrogens with one attached hydrogen (secondary N) is 1. The largest absolute Gasteiger partial charge is 0.352 e. The Morgan fingerprint density at radius 1 is 1.10 bits per heavy atom. The molecule has 5 heteroatoms. The quantitative estimate of drug-likeness (QED) is 0.375. The van der Waals surface area contributed by atoms with Crippen LogP contribution < -0.4 is 5.32 Å². The molecule has 3 aliphatic rings. The van der Waals surface area contributed by atoms with Crippen LogP contribution in [0.15, 0.2) is 75.9 Å². The summed E-state index contributed by atoms with van der Waals surface area (Å²) >= 11 is 0. The molecule has 0 spiro atoms. The molecule has 1 N–H and O–H groups in total. The van der Waals surface area contributed by atoms with Gasteiger partial charge in [0, 0.05) is 51.8 Å². The molecule has 1 amide bonds. The van der Waals surface area contributed by atoms with E-state index in [9.17, 15) is 9.18 Å². The fraction of sp³-hybridized carbons (Fsp3) is 0.500. The third-order valence-electron chi connectivity index (χ3n) is 8.81. The fourth-order valence-electron chi connectivity index (χ4n) is 5.99. The Bertz CT molecular complexity index is 1190. The maximum absolute atomic E-state index is 13.0. The number of carbonyl (C=O) groups excluding carboxylic acids is 1. The molecular formula is C34H48FN3O. The average Bonchev–Trinajstić information content (AvgIpc) is 3.77. The zero-order valence-electron chi connectivity index (χ0n) is 24.1. The first-order valence-electron chi connectivity index (χ1n) is 14.6. The smallest absolute Gasteiger partial charge is 0.223 e. The first-order valence-corrected chi connectivity index (χ1v) is 14.6. The molecule has 0 saturated heterocycles. The van der Waals surface area contributed by atoms with Gasteiger partial charge in [-0.3, -0.25) is 14.8 Å². The normalized spacial score (nSPS) is 27.6. The van der Waals surface area contributed by atoms with Gasteiger partial charge >= 0.3 is 0 Å². The molecular weight excluding hydrogens is 485 g/mol. The van der Waals surface area contributed by atoms with Gasteiger partial charge in [0.05, 0.1) is 0 Å². The second-order valence-electron chi connectivity index (χ2n) is 11.7. The fourth-order valence-corrected chi connectivity index (χ4v) is 5.99. The number of benzene rings is 2. The lowest BCUT2D eigenvalue weighted by Crippen LogP contribution is -2.45. The number of amides is 1. The summed E-state index contributed by atoms with van der Waals surface area (Å²) in [6.07, 6.45) is 9.62. The molecule has 2 fully saturated rings. The minimum Gasteiger partial charge on any atom is -0.352 e. The molecule has 6 atom stereocenters. The minimum absolute atomic E-state index is 0. The zero-order valence-corrected chi connectivity index (χ0v) is 24.1. The van der Waals surface area contributed by atoms with Gasteiger partial charge in [-0.05, 0) is 85.6 Å². The van der Waals surface area contributed by atoms with Gasteiger partial charge in [0.1, 0.15) is 5.82 Å². The molecule has 212 valence electrons. The van der Waals surface area contributed by atoms with E-state index in [4.69, 9.17) is 4.99 Å². The van der Waals surface area contributed by atoms with E-state index in [0.29, 0.717) is 29.6 Å². The van der Waals surface area contributed by atoms with Gasteiger partial charge in [-0.2, -0.15) is 0 Å². The van der Waals surface area contributed by atoms with Gasteiger partial charge < -0.3 is 5.32 Å². The van der Waals surface area contributed by atoms with E-state index in [1.165, 1.54) is 41.8 Å². The molecule has 1 aliphatic heterocycles. The lowest BCUT2D eigenvalue weighted by atomic mass is 9.72. The summed E-state index contributed by atoms with van der Waals surface area (Å²) in [7, 11) is 1.84. The van der Waals surface area contributed by atoms with Crippen LogP contribution in [0.4, 0.5) is 4.39 Å². The van der Waals surface area contributed by atoms with Crippen molar-refractivity contribution in [3.63, 3.8) is 0 Å². The van der Waals surface area contributed by atoms with Crippen molar-refractivity contribution in [2.75, 3.05) is 7.05 Å². The molecule has 1 heterocycles. The molecule has 2 saturated carbocycles. The highest BCUT2D eigenvalue weighted by Crippen LogP contribution is 2.43. The highest BCUT2D eigenvalue weighted by molar-refractivity contribution is 5.84. The summed E-state index contributed by atoms with van der Waals surface area (Å²) in [5.74, 6) is 2.33. The van der Waals surface area contributed by atoms with Gasteiger partial charge in [-0.1, -0.05) is 63.2 Å². The van der Waals surface area contributed by atoms with Crippen LogP contribution in [0.25, 0.3) is 0 Å². The van der Waals surface area contributed by atoms with Gasteiger partial charge in [0.15, 0.2) is 0 Å². The van der Waals surface area contributed by atoms with E-state index in [1.54, 1.807) is 6.07 Å². The summed E-state index contributed by atoms with van der Waals surface area (Å²) in [6, 6.07) is 17.4. The molecule has 5 rings (SSSR count). The van der Waals surface area contributed by atoms with E-state index >= 15 is 0 Å². The van der Waals surface area contributed by atoms with E-state index in [2.05, 4.69) is 67.6 Å². The highest BCUT2D eigenvalue weighted by atomic mass is 19.1. The molecule has 39 heavy (non-hydrogen) atoms. The minimum atomic E-state index is -0.162. The number of carbonyl (C=O) groups is 1. The second kappa shape index (κ2) is 13.3. The summed E-state index contributed by atoms with van der Waals surface area (Å²) in [4.78, 5) is 22.3. The Kier molecular flexibility index (Phi) is 9.88. The zero-order chi connectivity index (χ0) is 27.9. The van der Waals surface area contributed by atoms with Crippen molar-refractivity contribution < 1.29 is 12.0 Å². The molecule has 4 nitrogen and oxygen atoms in total. The molecule has 0 aromatic heterocycles. The maximum Gasteiger partial charge on any atom is 0.223 e. The van der Waals surface area contributed by atoms with Crippen molar-refractivity contribution >= 4 is 18.3 Å². The third kappa shape index (κ3) is 7.52. The predicted molar refractivity (Wildman–Crippen MR) is 164 cm³/mol. The number of aryl methyl sites for hydroxylation is 1. The van der Waals surface area contributed by atoms with Crippen LogP contribution in [-0.4, -0.2) is 31.4 Å². The van der Waals surface area contributed by atoms with Crippen molar-refractivity contribution in [3.05, 3.63) is 82.8 Å². The number of halogens is 1. The van der Waals surface area contributed by atoms with Crippen molar-refractivity contribution in [2.24, 2.45) is 39.6 Å². The van der Waals surface area contributed by atoms with Gasteiger partial charge in [-0.25, -0.2) is 4.39 Å². The molecule has 2 aliphatic carbocycles. The first kappa shape index (κ1) is 28.9. The first-order chi connectivity index (χ1) is 18.8. The number of hydrogen-bond acceptors (Lipinski definition) is 3. The Morgan fingerprint density at radius 3 is 2.46 bits per heavy atom. The van der Waals surface area contributed by atoms with Crippen LogP contribution in [0.2, 0.25) is 0 Å². The Balaban J connectivity index is 0.000000510. The maximum atomic E-state index is 13.0. The Labute approximate surface area is 236 Å². The number of hydrogen-bond donors (Lipinski definition) is 1. The van der Waals surface area contributed by atoms with Crippen LogP contribution >= 0.6 is 0 Å². The number of aliphatic imine (C=N–C) groups is 2. The van der Waals surface area contributed by atoms with Crippen LogP contribution in [0.1, 0.15) is 72.8 Å². The van der Waals surface area contributed by atoms with E-state index < -0.39 is 0 Å². The lowest BCUT2D eigenvalue weighted by Gasteiger charge is -2.39. The molecule has 4 unspecified atom stereocenters. The lowest BCUT2D eigenvalue weighted by molar-refractivity contribution is -0.126. The monoisotopic (exact) mass is 533 g/mol. The molecule has 2 aromatic carbocycles. The average molecular weight is 534 g/mol. The highest BCUT2D eigenvalue weighted by Gasteiger charge is 2.39. The van der Waals surface area contributed by atoms with Crippen LogP contribution in [0.3, 0.4) is 0 Å². The van der Waals surface area contributed by atoms with Crippen molar-refractivity contribution in [1.29, 1.82) is 0 Å². The topological polar surface area (TPSA) is 53.8 Å². The second-order valence-corrected chi connectivity index (χ2v) is 11.7. The number of nitrogens with zero attached hydrogens (tertiary/aromatic N) is 2. The summed E-state index contributed by atoms with van der Waals surface area (Å²) in [6.45, 7) is 8.46. The van der Waals surface area contributed by atoms with Gasteiger partial charge in [0.25, 0.3) is 0 Å².